The van der Waals surface area contributed by atoms with Crippen LogP contribution in [0.4, 0.5) is 14.5 Å². The molecule has 27 heavy (non-hydrogen) atoms. The molecule has 0 aromatic heterocycles. The van der Waals surface area contributed by atoms with Gasteiger partial charge in [0.2, 0.25) is 5.91 Å². The first-order valence-corrected chi connectivity index (χ1v) is 9.40. The number of thioether (sulfide) groups is 1. The zero-order valence-corrected chi connectivity index (χ0v) is 15.0. The second-order valence-electron chi connectivity index (χ2n) is 5.85. The van der Waals surface area contributed by atoms with Crippen molar-refractivity contribution in [2.75, 3.05) is 23.4 Å². The number of carbonyl (C=O) groups excluding carboxylic acids is 3. The Bertz CT molecular complexity index is 869. The molecule has 0 bridgehead atoms. The summed E-state index contributed by atoms with van der Waals surface area (Å²) in [5.41, 5.74) is 1.02. The van der Waals surface area contributed by atoms with E-state index >= 15 is 0 Å². The Morgan fingerprint density at radius 3 is 2.26 bits per heavy atom. The monoisotopic (exact) mass is 390 g/mol. The molecule has 0 unspecified atom stereocenters. The van der Waals surface area contributed by atoms with E-state index in [0.29, 0.717) is 22.6 Å². The molecular weight excluding hydrogens is 374 g/mol. The predicted molar refractivity (Wildman–Crippen MR) is 98.7 cm³/mol. The highest BCUT2D eigenvalue weighted by Crippen LogP contribution is 2.22. The van der Waals surface area contributed by atoms with E-state index in [1.54, 1.807) is 24.3 Å². The fraction of sp³-hybridized carbons (Fsp3) is 0.211. The number of benzene rings is 2. The molecule has 2 aromatic carbocycles. The normalized spacial score (nSPS) is 13.0. The molecular formula is C19H16F2N2O3S. The van der Waals surface area contributed by atoms with Gasteiger partial charge in [-0.25, -0.2) is 8.78 Å². The van der Waals surface area contributed by atoms with Gasteiger partial charge in [0, 0.05) is 36.2 Å². The molecule has 1 aliphatic rings. The lowest BCUT2D eigenvalue weighted by Gasteiger charge is -2.13. The summed E-state index contributed by atoms with van der Waals surface area (Å²) in [5.74, 6) is -1.95. The lowest BCUT2D eigenvalue weighted by Crippen LogP contribution is -2.31. The first-order chi connectivity index (χ1) is 13.0. The van der Waals surface area contributed by atoms with Gasteiger partial charge in [-0.05, 0) is 24.3 Å². The zero-order valence-electron chi connectivity index (χ0n) is 14.2. The summed E-state index contributed by atoms with van der Waals surface area (Å²) in [6.45, 7) is 0.266. The predicted octanol–water partition coefficient (Wildman–Crippen LogP) is 3.32. The third kappa shape index (κ3) is 4.33. The molecule has 0 aliphatic carbocycles. The minimum Gasteiger partial charge on any atom is -0.326 e. The number of halogens is 2. The molecule has 5 nitrogen and oxygen atoms in total. The smallest absolute Gasteiger partial charge is 0.261 e. The van der Waals surface area contributed by atoms with Gasteiger partial charge in [-0.2, -0.15) is 11.8 Å². The van der Waals surface area contributed by atoms with Crippen LogP contribution in [0.2, 0.25) is 0 Å². The van der Waals surface area contributed by atoms with Gasteiger partial charge in [-0.15, -0.1) is 0 Å². The molecule has 3 rings (SSSR count). The van der Waals surface area contributed by atoms with Crippen molar-refractivity contribution >= 4 is 35.2 Å². The van der Waals surface area contributed by atoms with Gasteiger partial charge in [0.1, 0.15) is 0 Å². The molecule has 2 aromatic rings. The van der Waals surface area contributed by atoms with Gasteiger partial charge in [-0.1, -0.05) is 12.1 Å². The Balaban J connectivity index is 1.40. The molecule has 1 aliphatic heterocycles. The molecule has 0 radical (unpaired) electrons. The van der Waals surface area contributed by atoms with Gasteiger partial charge < -0.3 is 5.32 Å². The summed E-state index contributed by atoms with van der Waals surface area (Å²) >= 11 is 1.43. The Morgan fingerprint density at radius 1 is 0.963 bits per heavy atom. The number of amides is 3. The molecule has 0 fully saturated rings. The first-order valence-electron chi connectivity index (χ1n) is 8.25. The Kier molecular flexibility index (Phi) is 5.85. The van der Waals surface area contributed by atoms with Crippen LogP contribution in [0, 0.1) is 11.6 Å². The number of fused-ring (bicyclic) bond motifs is 1. The fourth-order valence-corrected chi connectivity index (χ4v) is 3.51. The fourth-order valence-electron chi connectivity index (χ4n) is 2.66. The second kappa shape index (κ2) is 8.30. The zero-order chi connectivity index (χ0) is 19.4. The lowest BCUT2D eigenvalue weighted by molar-refractivity contribution is -0.115. The average molecular weight is 390 g/mol. The number of imide groups is 1. The highest BCUT2D eigenvalue weighted by Gasteiger charge is 2.34. The maximum absolute atomic E-state index is 13.1. The van der Waals surface area contributed by atoms with Crippen molar-refractivity contribution in [3.63, 3.8) is 0 Å². The average Bonchev–Trinajstić information content (AvgIpc) is 2.89. The van der Waals surface area contributed by atoms with Crippen LogP contribution in [0.3, 0.4) is 0 Å². The van der Waals surface area contributed by atoms with Crippen LogP contribution < -0.4 is 5.32 Å². The third-order valence-electron chi connectivity index (χ3n) is 4.01. The molecule has 8 heteroatoms. The topological polar surface area (TPSA) is 66.5 Å². The van der Waals surface area contributed by atoms with Crippen molar-refractivity contribution in [1.29, 1.82) is 0 Å². The standard InChI is InChI=1S/C19H16F2N2O3S/c20-15-6-5-12(11-16(15)21)22-17(24)7-9-27-10-8-23-18(25)13-3-1-2-4-14(13)19(23)26/h1-6,11H,7-10H2,(H,22,24). The summed E-state index contributed by atoms with van der Waals surface area (Å²) in [6, 6.07) is 9.84. The number of rotatable bonds is 7. The lowest BCUT2D eigenvalue weighted by atomic mass is 10.1. The van der Waals surface area contributed by atoms with Crippen LogP contribution in [0.1, 0.15) is 27.1 Å². The van der Waals surface area contributed by atoms with Gasteiger partial charge in [0.05, 0.1) is 11.1 Å². The summed E-state index contributed by atoms with van der Waals surface area (Å²) in [4.78, 5) is 37.4. The van der Waals surface area contributed by atoms with Crippen molar-refractivity contribution in [1.82, 2.24) is 4.90 Å². The van der Waals surface area contributed by atoms with E-state index in [1.807, 2.05) is 0 Å². The first kappa shape index (κ1) is 19.0. The van der Waals surface area contributed by atoms with Crippen molar-refractivity contribution in [3.05, 3.63) is 65.2 Å². The van der Waals surface area contributed by atoms with E-state index in [-0.39, 0.29) is 36.4 Å². The SMILES string of the molecule is O=C(CCSCCN1C(=O)c2ccccc2C1=O)Nc1ccc(F)c(F)c1. The Hall–Kier alpha value is -2.74. The number of carbonyl (C=O) groups is 3. The molecule has 0 saturated heterocycles. The molecule has 0 spiro atoms. The second-order valence-corrected chi connectivity index (χ2v) is 7.07. The van der Waals surface area contributed by atoms with Crippen LogP contribution in [0.15, 0.2) is 42.5 Å². The van der Waals surface area contributed by atoms with E-state index < -0.39 is 11.6 Å². The van der Waals surface area contributed by atoms with E-state index in [2.05, 4.69) is 5.32 Å². The highest BCUT2D eigenvalue weighted by molar-refractivity contribution is 7.99. The van der Waals surface area contributed by atoms with E-state index in [1.165, 1.54) is 22.7 Å². The van der Waals surface area contributed by atoms with Crippen molar-refractivity contribution in [3.8, 4) is 0 Å². The maximum Gasteiger partial charge on any atom is 0.261 e. The summed E-state index contributed by atoms with van der Waals surface area (Å²) in [5, 5.41) is 2.49. The Morgan fingerprint density at radius 2 is 1.63 bits per heavy atom. The Labute approximate surface area is 158 Å². The van der Waals surface area contributed by atoms with Gasteiger partial charge in [-0.3, -0.25) is 19.3 Å². The molecule has 1 N–H and O–H groups in total. The number of anilines is 1. The number of nitrogens with one attached hydrogen (secondary N) is 1. The quantitative estimate of drug-likeness (QED) is 0.582. The third-order valence-corrected chi connectivity index (χ3v) is 4.98. The van der Waals surface area contributed by atoms with Gasteiger partial charge >= 0.3 is 0 Å². The summed E-state index contributed by atoms with van der Waals surface area (Å²) in [7, 11) is 0. The number of hydrogen-bond donors (Lipinski definition) is 1. The van der Waals surface area contributed by atoms with E-state index in [0.717, 1.165) is 12.1 Å². The van der Waals surface area contributed by atoms with E-state index in [9.17, 15) is 23.2 Å². The highest BCUT2D eigenvalue weighted by atomic mass is 32.2. The molecule has 1 heterocycles. The van der Waals surface area contributed by atoms with Crippen molar-refractivity contribution in [2.45, 2.75) is 6.42 Å². The van der Waals surface area contributed by atoms with Gasteiger partial charge in [0.15, 0.2) is 11.6 Å². The minimum absolute atomic E-state index is 0.172. The van der Waals surface area contributed by atoms with Crippen LogP contribution in [-0.2, 0) is 4.79 Å². The summed E-state index contributed by atoms with van der Waals surface area (Å²) < 4.78 is 26.0. The number of hydrogen-bond acceptors (Lipinski definition) is 4. The molecule has 3 amide bonds. The van der Waals surface area contributed by atoms with Gasteiger partial charge in [0.25, 0.3) is 11.8 Å². The largest absolute Gasteiger partial charge is 0.326 e. The van der Waals surface area contributed by atoms with Crippen molar-refractivity contribution < 1.29 is 23.2 Å². The molecule has 0 atom stereocenters. The minimum atomic E-state index is -1.02. The molecule has 140 valence electrons. The molecule has 0 saturated carbocycles. The summed E-state index contributed by atoms with van der Waals surface area (Å²) in [6.07, 6.45) is 0.172. The number of nitrogens with zero attached hydrogens (tertiary/aromatic N) is 1. The van der Waals surface area contributed by atoms with E-state index in [4.69, 9.17) is 0 Å². The van der Waals surface area contributed by atoms with Crippen molar-refractivity contribution in [2.24, 2.45) is 0 Å². The van der Waals surface area contributed by atoms with Crippen LogP contribution in [0.25, 0.3) is 0 Å². The maximum atomic E-state index is 13.1. The van der Waals surface area contributed by atoms with Crippen LogP contribution in [-0.4, -0.2) is 40.7 Å². The van der Waals surface area contributed by atoms with Crippen LogP contribution in [0.5, 0.6) is 0 Å². The van der Waals surface area contributed by atoms with Crippen LogP contribution >= 0.6 is 11.8 Å².